The Balaban J connectivity index is 1.89. The number of aryl methyl sites for hydroxylation is 1. The van der Waals surface area contributed by atoms with Crippen molar-refractivity contribution in [2.45, 2.75) is 13.3 Å². The van der Waals surface area contributed by atoms with Crippen LogP contribution in [-0.2, 0) is 4.79 Å². The Morgan fingerprint density at radius 2 is 2.16 bits per heavy atom. The summed E-state index contributed by atoms with van der Waals surface area (Å²) in [5.41, 5.74) is 1.79. The monoisotopic (exact) mass is 326 g/mol. The van der Waals surface area contributed by atoms with Crippen molar-refractivity contribution < 1.29 is 14.7 Å². The number of carbonyl (C=O) groups is 2. The highest BCUT2D eigenvalue weighted by Crippen LogP contribution is 2.25. The predicted octanol–water partition coefficient (Wildman–Crippen LogP) is 2.70. The number of rotatable bonds is 3. The number of carboxylic acids is 1. The van der Waals surface area contributed by atoms with Crippen molar-refractivity contribution in [2.75, 3.05) is 18.4 Å². The molecule has 0 aromatic heterocycles. The van der Waals surface area contributed by atoms with Gasteiger partial charge in [-0.2, -0.15) is 0 Å². The zero-order valence-electron chi connectivity index (χ0n) is 10.5. The number of likely N-dealkylation sites (tertiary alicyclic amines) is 1. The van der Waals surface area contributed by atoms with Crippen LogP contribution in [0.4, 0.5) is 10.5 Å². The normalized spacial score (nSPS) is 14.9. The van der Waals surface area contributed by atoms with Gasteiger partial charge in [-0.1, -0.05) is 6.07 Å². The molecule has 1 saturated heterocycles. The fraction of sp³-hybridized carbons (Fsp3) is 0.385. The number of aliphatic carboxylic acids is 1. The maximum Gasteiger partial charge on any atom is 0.321 e. The van der Waals surface area contributed by atoms with Crippen LogP contribution in [0.3, 0.4) is 0 Å². The van der Waals surface area contributed by atoms with Gasteiger partial charge in [0.05, 0.1) is 12.1 Å². The van der Waals surface area contributed by atoms with Gasteiger partial charge >= 0.3 is 12.0 Å². The molecule has 6 heteroatoms. The number of carboxylic acid groups (broad SMARTS) is 1. The Labute approximate surface area is 119 Å². The summed E-state index contributed by atoms with van der Waals surface area (Å²) >= 11 is 3.38. The SMILES string of the molecule is Cc1ccc(Br)c(NC(=O)N2CC(CC(=O)O)C2)c1. The third-order valence-corrected chi connectivity index (χ3v) is 3.76. The summed E-state index contributed by atoms with van der Waals surface area (Å²) in [6.07, 6.45) is 0.123. The molecular formula is C13H15BrN2O3. The molecule has 0 aliphatic carbocycles. The third kappa shape index (κ3) is 3.47. The highest BCUT2D eigenvalue weighted by molar-refractivity contribution is 9.10. The molecule has 2 amide bonds. The molecule has 0 bridgehead atoms. The summed E-state index contributed by atoms with van der Waals surface area (Å²) in [6, 6.07) is 5.53. The Bertz CT molecular complexity index is 513. The van der Waals surface area contributed by atoms with Crippen LogP contribution in [0.25, 0.3) is 0 Å². The molecule has 102 valence electrons. The van der Waals surface area contributed by atoms with Crippen molar-refractivity contribution in [1.82, 2.24) is 4.90 Å². The predicted molar refractivity (Wildman–Crippen MR) is 75.2 cm³/mol. The highest BCUT2D eigenvalue weighted by Gasteiger charge is 2.32. The average Bonchev–Trinajstić information content (AvgIpc) is 2.27. The van der Waals surface area contributed by atoms with Gasteiger partial charge < -0.3 is 15.3 Å². The maximum atomic E-state index is 11.9. The van der Waals surface area contributed by atoms with E-state index in [1.807, 2.05) is 25.1 Å². The molecule has 0 saturated carbocycles. The summed E-state index contributed by atoms with van der Waals surface area (Å²) in [6.45, 7) is 2.96. The lowest BCUT2D eigenvalue weighted by Gasteiger charge is -2.38. The molecule has 19 heavy (non-hydrogen) atoms. The molecule has 5 nitrogen and oxygen atoms in total. The summed E-state index contributed by atoms with van der Waals surface area (Å²) in [7, 11) is 0. The number of urea groups is 1. The fourth-order valence-corrected chi connectivity index (χ4v) is 2.39. The van der Waals surface area contributed by atoms with Crippen molar-refractivity contribution >= 4 is 33.6 Å². The molecule has 1 aromatic rings. The van der Waals surface area contributed by atoms with Gasteiger partial charge in [-0.25, -0.2) is 4.79 Å². The number of nitrogens with zero attached hydrogens (tertiary/aromatic N) is 1. The second kappa shape index (κ2) is 5.61. The van der Waals surface area contributed by atoms with Crippen molar-refractivity contribution in [1.29, 1.82) is 0 Å². The molecule has 0 spiro atoms. The summed E-state index contributed by atoms with van der Waals surface area (Å²) in [5.74, 6) is -0.740. The van der Waals surface area contributed by atoms with E-state index in [1.54, 1.807) is 4.90 Å². The van der Waals surface area contributed by atoms with E-state index in [1.165, 1.54) is 0 Å². The minimum atomic E-state index is -0.813. The lowest BCUT2D eigenvalue weighted by Crippen LogP contribution is -2.52. The summed E-state index contributed by atoms with van der Waals surface area (Å²) in [5, 5.41) is 11.5. The second-order valence-corrected chi connectivity index (χ2v) is 5.64. The van der Waals surface area contributed by atoms with E-state index in [9.17, 15) is 9.59 Å². The van der Waals surface area contributed by atoms with Crippen LogP contribution in [-0.4, -0.2) is 35.1 Å². The Kier molecular flexibility index (Phi) is 4.09. The standard InChI is InChI=1S/C13H15BrN2O3/c1-8-2-3-10(14)11(4-8)15-13(19)16-6-9(7-16)5-12(17)18/h2-4,9H,5-7H2,1H3,(H,15,19)(H,17,18). The van der Waals surface area contributed by atoms with Gasteiger partial charge in [0.1, 0.15) is 0 Å². The summed E-state index contributed by atoms with van der Waals surface area (Å²) < 4.78 is 0.828. The topological polar surface area (TPSA) is 69.6 Å². The zero-order valence-corrected chi connectivity index (χ0v) is 12.1. The van der Waals surface area contributed by atoms with Gasteiger partial charge in [-0.15, -0.1) is 0 Å². The number of halogens is 1. The molecule has 0 unspecified atom stereocenters. The maximum absolute atomic E-state index is 11.9. The van der Waals surface area contributed by atoms with Crippen LogP contribution in [0.1, 0.15) is 12.0 Å². The molecule has 1 aromatic carbocycles. The lowest BCUT2D eigenvalue weighted by atomic mass is 9.97. The van der Waals surface area contributed by atoms with E-state index in [0.29, 0.717) is 13.1 Å². The molecule has 1 fully saturated rings. The molecule has 0 atom stereocenters. The quantitative estimate of drug-likeness (QED) is 0.897. The van der Waals surface area contributed by atoms with Crippen LogP contribution < -0.4 is 5.32 Å². The fourth-order valence-electron chi connectivity index (χ4n) is 2.04. The van der Waals surface area contributed by atoms with E-state index in [4.69, 9.17) is 5.11 Å². The molecule has 2 N–H and O–H groups in total. The number of amides is 2. The van der Waals surface area contributed by atoms with Gasteiger partial charge in [-0.05, 0) is 40.5 Å². The van der Waals surface area contributed by atoms with E-state index in [2.05, 4.69) is 21.2 Å². The zero-order chi connectivity index (χ0) is 14.0. The van der Waals surface area contributed by atoms with Gasteiger partial charge in [0.25, 0.3) is 0 Å². The lowest BCUT2D eigenvalue weighted by molar-refractivity contribution is -0.139. The average molecular weight is 327 g/mol. The first-order chi connectivity index (χ1) is 8.95. The van der Waals surface area contributed by atoms with E-state index >= 15 is 0 Å². The van der Waals surface area contributed by atoms with E-state index in [0.717, 1.165) is 15.7 Å². The van der Waals surface area contributed by atoms with Crippen LogP contribution in [0.5, 0.6) is 0 Å². The third-order valence-electron chi connectivity index (χ3n) is 3.07. The van der Waals surface area contributed by atoms with Gasteiger partial charge in [0, 0.05) is 23.5 Å². The molecule has 0 radical (unpaired) electrons. The number of benzene rings is 1. The minimum Gasteiger partial charge on any atom is -0.481 e. The van der Waals surface area contributed by atoms with Crippen molar-refractivity contribution in [3.8, 4) is 0 Å². The number of nitrogens with one attached hydrogen (secondary N) is 1. The van der Waals surface area contributed by atoms with E-state index < -0.39 is 5.97 Å². The Morgan fingerprint density at radius 1 is 1.47 bits per heavy atom. The van der Waals surface area contributed by atoms with Crippen molar-refractivity contribution in [3.05, 3.63) is 28.2 Å². The van der Waals surface area contributed by atoms with Crippen molar-refractivity contribution in [2.24, 2.45) is 5.92 Å². The van der Waals surface area contributed by atoms with Crippen LogP contribution >= 0.6 is 15.9 Å². The molecule has 1 heterocycles. The van der Waals surface area contributed by atoms with Crippen LogP contribution in [0.15, 0.2) is 22.7 Å². The smallest absolute Gasteiger partial charge is 0.321 e. The Morgan fingerprint density at radius 3 is 2.79 bits per heavy atom. The van der Waals surface area contributed by atoms with Crippen LogP contribution in [0.2, 0.25) is 0 Å². The van der Waals surface area contributed by atoms with Crippen molar-refractivity contribution in [3.63, 3.8) is 0 Å². The summed E-state index contributed by atoms with van der Waals surface area (Å²) in [4.78, 5) is 24.1. The highest BCUT2D eigenvalue weighted by atomic mass is 79.9. The van der Waals surface area contributed by atoms with Gasteiger partial charge in [0.15, 0.2) is 0 Å². The van der Waals surface area contributed by atoms with Gasteiger partial charge in [-0.3, -0.25) is 4.79 Å². The number of carbonyl (C=O) groups excluding carboxylic acids is 1. The Hall–Kier alpha value is -1.56. The molecular weight excluding hydrogens is 312 g/mol. The first-order valence-corrected chi connectivity index (χ1v) is 6.79. The first-order valence-electron chi connectivity index (χ1n) is 5.99. The second-order valence-electron chi connectivity index (χ2n) is 4.78. The molecule has 2 rings (SSSR count). The number of hydrogen-bond acceptors (Lipinski definition) is 2. The number of hydrogen-bond donors (Lipinski definition) is 2. The van der Waals surface area contributed by atoms with E-state index in [-0.39, 0.29) is 18.4 Å². The van der Waals surface area contributed by atoms with Crippen LogP contribution in [0, 0.1) is 12.8 Å². The molecule has 1 aliphatic rings. The largest absolute Gasteiger partial charge is 0.481 e. The first kappa shape index (κ1) is 13.9. The molecule has 1 aliphatic heterocycles. The minimum absolute atomic E-state index is 0.0733. The van der Waals surface area contributed by atoms with Gasteiger partial charge in [0.2, 0.25) is 0 Å². The number of anilines is 1.